The molecule has 0 amide bonds. The van der Waals surface area contributed by atoms with Gasteiger partial charge in [0.25, 0.3) is 0 Å². The fraction of sp³-hybridized carbons (Fsp3) is 0. The van der Waals surface area contributed by atoms with E-state index in [4.69, 9.17) is 5.11 Å². The number of carboxylic acids is 1. The van der Waals surface area contributed by atoms with Crippen LogP contribution in [-0.2, 0) is 4.79 Å². The minimum absolute atomic E-state index is 0.320. The maximum Gasteiger partial charge on any atom is 0.328 e. The normalized spacial score (nSPS) is 11.0. The lowest BCUT2D eigenvalue weighted by Gasteiger charge is -1.92. The van der Waals surface area contributed by atoms with E-state index >= 15 is 0 Å². The number of fused-ring (bicyclic) bond motifs is 1. The van der Waals surface area contributed by atoms with E-state index in [-0.39, 0.29) is 5.78 Å². The molecular formula is C12H9NO3. The maximum absolute atomic E-state index is 11.7. The summed E-state index contributed by atoms with van der Waals surface area (Å²) in [5.74, 6) is -1.45. The summed E-state index contributed by atoms with van der Waals surface area (Å²) in [6, 6.07) is 7.36. The Morgan fingerprint density at radius 3 is 2.69 bits per heavy atom. The summed E-state index contributed by atoms with van der Waals surface area (Å²) in [5.41, 5.74) is 1.34. The highest BCUT2D eigenvalue weighted by molar-refractivity contribution is 6.14. The van der Waals surface area contributed by atoms with E-state index in [1.54, 1.807) is 6.20 Å². The van der Waals surface area contributed by atoms with E-state index in [0.29, 0.717) is 5.56 Å². The van der Waals surface area contributed by atoms with Crippen molar-refractivity contribution in [1.29, 1.82) is 0 Å². The number of aliphatic carboxylic acids is 1. The van der Waals surface area contributed by atoms with Gasteiger partial charge in [-0.2, -0.15) is 0 Å². The number of benzene rings is 1. The number of ketones is 1. The number of aromatic amines is 1. The number of carboxylic acid groups (broad SMARTS) is 1. The summed E-state index contributed by atoms with van der Waals surface area (Å²) in [5, 5.41) is 9.22. The molecule has 0 unspecified atom stereocenters. The molecule has 2 N–H and O–H groups in total. The number of allylic oxidation sites excluding steroid dienone is 1. The van der Waals surface area contributed by atoms with E-state index in [1.807, 2.05) is 24.3 Å². The van der Waals surface area contributed by atoms with Gasteiger partial charge in [-0.25, -0.2) is 4.79 Å². The van der Waals surface area contributed by atoms with Crippen molar-refractivity contribution < 1.29 is 14.7 Å². The third-order valence-electron chi connectivity index (χ3n) is 2.23. The van der Waals surface area contributed by atoms with Crippen LogP contribution in [0.5, 0.6) is 0 Å². The van der Waals surface area contributed by atoms with Gasteiger partial charge >= 0.3 is 5.97 Å². The molecule has 0 aliphatic heterocycles. The number of rotatable bonds is 3. The predicted octanol–water partition coefficient (Wildman–Crippen LogP) is 1.99. The highest BCUT2D eigenvalue weighted by Gasteiger charge is 2.08. The van der Waals surface area contributed by atoms with Crippen molar-refractivity contribution in [1.82, 2.24) is 4.98 Å². The minimum atomic E-state index is -1.13. The molecule has 4 nitrogen and oxygen atoms in total. The van der Waals surface area contributed by atoms with E-state index in [9.17, 15) is 9.59 Å². The van der Waals surface area contributed by atoms with Crippen molar-refractivity contribution in [3.8, 4) is 0 Å². The van der Waals surface area contributed by atoms with Crippen molar-refractivity contribution >= 4 is 22.7 Å². The van der Waals surface area contributed by atoms with E-state index in [0.717, 1.165) is 23.1 Å². The molecule has 0 radical (unpaired) electrons. The Labute approximate surface area is 91.2 Å². The zero-order chi connectivity index (χ0) is 11.5. The van der Waals surface area contributed by atoms with Crippen LogP contribution >= 0.6 is 0 Å². The average molecular weight is 215 g/mol. The maximum atomic E-state index is 11.7. The first-order valence-corrected chi connectivity index (χ1v) is 4.70. The molecule has 0 atom stereocenters. The Morgan fingerprint density at radius 1 is 1.19 bits per heavy atom. The Kier molecular flexibility index (Phi) is 2.55. The van der Waals surface area contributed by atoms with Crippen LogP contribution in [0.15, 0.2) is 42.6 Å². The fourth-order valence-electron chi connectivity index (χ4n) is 1.51. The topological polar surface area (TPSA) is 70.2 Å². The first-order chi connectivity index (χ1) is 7.68. The largest absolute Gasteiger partial charge is 0.478 e. The molecule has 1 aromatic carbocycles. The van der Waals surface area contributed by atoms with Crippen LogP contribution in [0.3, 0.4) is 0 Å². The van der Waals surface area contributed by atoms with Crippen molar-refractivity contribution in [3.63, 3.8) is 0 Å². The molecule has 0 aliphatic rings. The van der Waals surface area contributed by atoms with Gasteiger partial charge in [-0.15, -0.1) is 0 Å². The molecule has 80 valence electrons. The number of carbonyl (C=O) groups excluding carboxylic acids is 1. The summed E-state index contributed by atoms with van der Waals surface area (Å²) < 4.78 is 0. The van der Waals surface area contributed by atoms with E-state index in [2.05, 4.69) is 4.98 Å². The summed E-state index contributed by atoms with van der Waals surface area (Å²) in [6.07, 6.45) is 3.47. The second-order valence-electron chi connectivity index (χ2n) is 3.28. The molecule has 0 aliphatic carbocycles. The zero-order valence-corrected chi connectivity index (χ0v) is 8.31. The molecule has 0 fully saturated rings. The van der Waals surface area contributed by atoms with Gasteiger partial charge in [0.1, 0.15) is 0 Å². The number of hydrogen-bond acceptors (Lipinski definition) is 2. The second-order valence-corrected chi connectivity index (χ2v) is 3.28. The number of hydrogen-bond donors (Lipinski definition) is 2. The van der Waals surface area contributed by atoms with Crippen LogP contribution in [0.1, 0.15) is 10.4 Å². The van der Waals surface area contributed by atoms with Crippen LogP contribution < -0.4 is 0 Å². The molecule has 4 heteroatoms. The predicted molar refractivity (Wildman–Crippen MR) is 59.4 cm³/mol. The minimum Gasteiger partial charge on any atom is -0.478 e. The summed E-state index contributed by atoms with van der Waals surface area (Å²) >= 11 is 0. The molecule has 0 bridgehead atoms. The number of nitrogens with one attached hydrogen (secondary N) is 1. The SMILES string of the molecule is O=C(O)C=CC(=O)c1c[nH]c2ccccc12. The van der Waals surface area contributed by atoms with Gasteiger partial charge in [-0.1, -0.05) is 18.2 Å². The molecule has 1 heterocycles. The molecule has 1 aromatic heterocycles. The average Bonchev–Trinajstić information content (AvgIpc) is 2.69. The van der Waals surface area contributed by atoms with Gasteiger partial charge in [0.2, 0.25) is 0 Å². The Balaban J connectivity index is 2.40. The Hall–Kier alpha value is -2.36. The molecule has 2 aromatic rings. The van der Waals surface area contributed by atoms with Crippen LogP contribution in [0.25, 0.3) is 10.9 Å². The molecular weight excluding hydrogens is 206 g/mol. The molecule has 2 rings (SSSR count). The van der Waals surface area contributed by atoms with Gasteiger partial charge < -0.3 is 10.1 Å². The number of para-hydroxylation sites is 1. The lowest BCUT2D eigenvalue weighted by Crippen LogP contribution is -1.95. The first kappa shape index (κ1) is 10.2. The lowest BCUT2D eigenvalue weighted by molar-refractivity contribution is -0.131. The second kappa shape index (κ2) is 4.02. The highest BCUT2D eigenvalue weighted by atomic mass is 16.4. The van der Waals surface area contributed by atoms with Crippen LogP contribution in [-0.4, -0.2) is 21.8 Å². The number of aromatic nitrogens is 1. The molecule has 0 saturated carbocycles. The highest BCUT2D eigenvalue weighted by Crippen LogP contribution is 2.18. The number of H-pyrrole nitrogens is 1. The Morgan fingerprint density at radius 2 is 1.94 bits per heavy atom. The lowest BCUT2D eigenvalue weighted by atomic mass is 10.1. The van der Waals surface area contributed by atoms with Gasteiger partial charge in [0, 0.05) is 28.7 Å². The summed E-state index contributed by atoms with van der Waals surface area (Å²) in [4.78, 5) is 24.9. The third-order valence-corrected chi connectivity index (χ3v) is 2.23. The monoisotopic (exact) mass is 215 g/mol. The first-order valence-electron chi connectivity index (χ1n) is 4.70. The van der Waals surface area contributed by atoms with Crippen LogP contribution in [0, 0.1) is 0 Å². The molecule has 0 spiro atoms. The van der Waals surface area contributed by atoms with Crippen molar-refractivity contribution in [2.75, 3.05) is 0 Å². The van der Waals surface area contributed by atoms with Gasteiger partial charge in [-0.3, -0.25) is 4.79 Å². The number of carbonyl (C=O) groups is 2. The smallest absolute Gasteiger partial charge is 0.328 e. The summed E-state index contributed by atoms with van der Waals surface area (Å²) in [7, 11) is 0. The molecule has 16 heavy (non-hydrogen) atoms. The summed E-state index contributed by atoms with van der Waals surface area (Å²) in [6.45, 7) is 0. The van der Waals surface area contributed by atoms with Gasteiger partial charge in [-0.05, 0) is 12.1 Å². The standard InChI is InChI=1S/C12H9NO3/c14-11(5-6-12(15)16)9-7-13-10-4-2-1-3-8(9)10/h1-7,13H,(H,15,16). The van der Waals surface area contributed by atoms with Crippen molar-refractivity contribution in [2.45, 2.75) is 0 Å². The quantitative estimate of drug-likeness (QED) is 0.607. The van der Waals surface area contributed by atoms with Crippen LogP contribution in [0.2, 0.25) is 0 Å². The Bertz CT molecular complexity index is 581. The molecule has 0 saturated heterocycles. The van der Waals surface area contributed by atoms with Crippen molar-refractivity contribution in [3.05, 3.63) is 48.2 Å². The van der Waals surface area contributed by atoms with Crippen molar-refractivity contribution in [2.24, 2.45) is 0 Å². The van der Waals surface area contributed by atoms with Gasteiger partial charge in [0.15, 0.2) is 5.78 Å². The zero-order valence-electron chi connectivity index (χ0n) is 8.31. The third kappa shape index (κ3) is 1.86. The van der Waals surface area contributed by atoms with E-state index in [1.165, 1.54) is 0 Å². The van der Waals surface area contributed by atoms with E-state index < -0.39 is 5.97 Å². The van der Waals surface area contributed by atoms with Gasteiger partial charge in [0.05, 0.1) is 0 Å². The van der Waals surface area contributed by atoms with Crippen LogP contribution in [0.4, 0.5) is 0 Å². The fourth-order valence-corrected chi connectivity index (χ4v) is 1.51.